The highest BCUT2D eigenvalue weighted by molar-refractivity contribution is 5.76. The highest BCUT2D eigenvalue weighted by Gasteiger charge is 2.28. The second kappa shape index (κ2) is 6.08. The predicted octanol–water partition coefficient (Wildman–Crippen LogP) is 2.45. The Labute approximate surface area is 127 Å². The Balaban J connectivity index is 1.96. The van der Waals surface area contributed by atoms with Crippen LogP contribution in [0.4, 0.5) is 5.82 Å². The summed E-state index contributed by atoms with van der Waals surface area (Å²) in [4.78, 5) is 14.4. The number of carbonyl (C=O) groups is 1. The SMILES string of the molecule is Cc1cc(N)n(CC(=O)N2CCC[C@@H](C(C)(C)C)CC2)n1. The molecule has 1 aliphatic heterocycles. The molecule has 0 aromatic carbocycles. The molecule has 1 aromatic rings. The molecule has 118 valence electrons. The number of rotatable bonds is 2. The number of nitrogens with zero attached hydrogens (tertiary/aromatic N) is 3. The number of hydrogen-bond donors (Lipinski definition) is 1. The van der Waals surface area contributed by atoms with Crippen LogP contribution < -0.4 is 5.73 Å². The Morgan fingerprint density at radius 2 is 2.10 bits per heavy atom. The van der Waals surface area contributed by atoms with E-state index < -0.39 is 0 Å². The molecule has 0 saturated carbocycles. The largest absolute Gasteiger partial charge is 0.384 e. The number of likely N-dealkylation sites (tertiary alicyclic amines) is 1. The van der Waals surface area contributed by atoms with Gasteiger partial charge in [0.1, 0.15) is 12.4 Å². The zero-order chi connectivity index (χ0) is 15.6. The molecular formula is C16H28N4O. The van der Waals surface area contributed by atoms with Crippen molar-refractivity contribution >= 4 is 11.7 Å². The fourth-order valence-electron chi connectivity index (χ4n) is 3.13. The summed E-state index contributed by atoms with van der Waals surface area (Å²) < 4.78 is 1.60. The third-order valence-corrected chi connectivity index (χ3v) is 4.52. The summed E-state index contributed by atoms with van der Waals surface area (Å²) in [6, 6.07) is 1.80. The van der Waals surface area contributed by atoms with Crippen LogP contribution in [0.2, 0.25) is 0 Å². The monoisotopic (exact) mass is 292 g/mol. The van der Waals surface area contributed by atoms with Gasteiger partial charge in [-0.3, -0.25) is 4.79 Å². The molecule has 1 saturated heterocycles. The van der Waals surface area contributed by atoms with Crippen LogP contribution in [0.25, 0.3) is 0 Å². The van der Waals surface area contributed by atoms with Gasteiger partial charge in [0.25, 0.3) is 0 Å². The van der Waals surface area contributed by atoms with Gasteiger partial charge < -0.3 is 10.6 Å². The minimum Gasteiger partial charge on any atom is -0.384 e. The van der Waals surface area contributed by atoms with Crippen LogP contribution in [0.3, 0.4) is 0 Å². The summed E-state index contributed by atoms with van der Waals surface area (Å²) >= 11 is 0. The molecule has 1 aliphatic rings. The summed E-state index contributed by atoms with van der Waals surface area (Å²) in [5.41, 5.74) is 7.03. The highest BCUT2D eigenvalue weighted by atomic mass is 16.2. The fraction of sp³-hybridized carbons (Fsp3) is 0.750. The van der Waals surface area contributed by atoms with Gasteiger partial charge >= 0.3 is 0 Å². The molecule has 1 fully saturated rings. The molecule has 0 spiro atoms. The minimum absolute atomic E-state index is 0.124. The van der Waals surface area contributed by atoms with E-state index >= 15 is 0 Å². The van der Waals surface area contributed by atoms with Crippen molar-refractivity contribution in [1.82, 2.24) is 14.7 Å². The van der Waals surface area contributed by atoms with Crippen molar-refractivity contribution in [3.8, 4) is 0 Å². The molecule has 5 heteroatoms. The van der Waals surface area contributed by atoms with Crippen LogP contribution in [0.15, 0.2) is 6.07 Å². The van der Waals surface area contributed by atoms with Crippen molar-refractivity contribution in [2.75, 3.05) is 18.8 Å². The average Bonchev–Trinajstić information content (AvgIpc) is 2.60. The Morgan fingerprint density at radius 3 is 2.67 bits per heavy atom. The van der Waals surface area contributed by atoms with E-state index in [9.17, 15) is 4.79 Å². The van der Waals surface area contributed by atoms with Crippen LogP contribution in [0, 0.1) is 18.3 Å². The molecule has 0 aliphatic carbocycles. The molecule has 2 N–H and O–H groups in total. The molecule has 1 amide bonds. The van der Waals surface area contributed by atoms with Crippen molar-refractivity contribution in [2.24, 2.45) is 11.3 Å². The highest BCUT2D eigenvalue weighted by Crippen LogP contribution is 2.34. The number of amides is 1. The second-order valence-electron chi connectivity index (χ2n) is 7.24. The second-order valence-corrected chi connectivity index (χ2v) is 7.24. The Morgan fingerprint density at radius 1 is 1.38 bits per heavy atom. The quantitative estimate of drug-likeness (QED) is 0.910. The van der Waals surface area contributed by atoms with Gasteiger partial charge in [-0.2, -0.15) is 5.10 Å². The van der Waals surface area contributed by atoms with Gasteiger partial charge in [0.05, 0.1) is 5.69 Å². The van der Waals surface area contributed by atoms with Gasteiger partial charge in [0.15, 0.2) is 0 Å². The van der Waals surface area contributed by atoms with E-state index in [1.54, 1.807) is 10.7 Å². The van der Waals surface area contributed by atoms with E-state index in [-0.39, 0.29) is 12.5 Å². The molecule has 0 unspecified atom stereocenters. The van der Waals surface area contributed by atoms with Gasteiger partial charge in [-0.25, -0.2) is 4.68 Å². The third kappa shape index (κ3) is 3.99. The van der Waals surface area contributed by atoms with Gasteiger partial charge in [0.2, 0.25) is 5.91 Å². The van der Waals surface area contributed by atoms with E-state index in [1.807, 2.05) is 11.8 Å². The minimum atomic E-state index is 0.124. The van der Waals surface area contributed by atoms with Gasteiger partial charge in [-0.15, -0.1) is 0 Å². The lowest BCUT2D eigenvalue weighted by atomic mass is 9.77. The van der Waals surface area contributed by atoms with Crippen LogP contribution in [-0.2, 0) is 11.3 Å². The first kappa shape index (κ1) is 15.9. The normalized spacial score (nSPS) is 20.4. The molecule has 1 atom stereocenters. The fourth-order valence-corrected chi connectivity index (χ4v) is 3.13. The first-order chi connectivity index (χ1) is 9.77. The summed E-state index contributed by atoms with van der Waals surface area (Å²) in [7, 11) is 0. The summed E-state index contributed by atoms with van der Waals surface area (Å²) in [5, 5.41) is 4.27. The molecule has 21 heavy (non-hydrogen) atoms. The molecule has 0 radical (unpaired) electrons. The van der Waals surface area contributed by atoms with Gasteiger partial charge in [-0.1, -0.05) is 20.8 Å². The summed E-state index contributed by atoms with van der Waals surface area (Å²) in [6.07, 6.45) is 3.38. The van der Waals surface area contributed by atoms with Crippen molar-refractivity contribution in [3.05, 3.63) is 11.8 Å². The maximum atomic E-state index is 12.4. The van der Waals surface area contributed by atoms with E-state index in [1.165, 1.54) is 6.42 Å². The zero-order valence-corrected chi connectivity index (χ0v) is 13.7. The van der Waals surface area contributed by atoms with Crippen LogP contribution in [0.1, 0.15) is 45.7 Å². The summed E-state index contributed by atoms with van der Waals surface area (Å²) in [5.74, 6) is 1.37. The molecule has 2 rings (SSSR count). The Kier molecular flexibility index (Phi) is 4.59. The Bertz CT molecular complexity index is 501. The topological polar surface area (TPSA) is 64.2 Å². The lowest BCUT2D eigenvalue weighted by Crippen LogP contribution is -2.35. The van der Waals surface area contributed by atoms with E-state index in [0.29, 0.717) is 17.2 Å². The van der Waals surface area contributed by atoms with Crippen molar-refractivity contribution < 1.29 is 4.79 Å². The van der Waals surface area contributed by atoms with Crippen molar-refractivity contribution in [3.63, 3.8) is 0 Å². The van der Waals surface area contributed by atoms with Crippen LogP contribution in [0.5, 0.6) is 0 Å². The van der Waals surface area contributed by atoms with Crippen LogP contribution >= 0.6 is 0 Å². The first-order valence-electron chi connectivity index (χ1n) is 7.85. The van der Waals surface area contributed by atoms with E-state index in [0.717, 1.165) is 31.6 Å². The number of nitrogen functional groups attached to an aromatic ring is 1. The molecule has 0 bridgehead atoms. The van der Waals surface area contributed by atoms with Crippen molar-refractivity contribution in [2.45, 2.75) is 53.5 Å². The number of anilines is 1. The maximum absolute atomic E-state index is 12.4. The third-order valence-electron chi connectivity index (χ3n) is 4.52. The Hall–Kier alpha value is -1.52. The van der Waals surface area contributed by atoms with Crippen molar-refractivity contribution in [1.29, 1.82) is 0 Å². The zero-order valence-electron chi connectivity index (χ0n) is 13.7. The number of hydrogen-bond acceptors (Lipinski definition) is 3. The molecule has 1 aromatic heterocycles. The number of carbonyl (C=O) groups excluding carboxylic acids is 1. The van der Waals surface area contributed by atoms with E-state index in [4.69, 9.17) is 5.73 Å². The average molecular weight is 292 g/mol. The molecule has 5 nitrogen and oxygen atoms in total. The van der Waals surface area contributed by atoms with Crippen LogP contribution in [-0.4, -0.2) is 33.7 Å². The summed E-state index contributed by atoms with van der Waals surface area (Å²) in [6.45, 7) is 10.7. The molecule has 2 heterocycles. The lowest BCUT2D eigenvalue weighted by molar-refractivity contribution is -0.132. The first-order valence-corrected chi connectivity index (χ1v) is 7.85. The lowest BCUT2D eigenvalue weighted by Gasteiger charge is -2.29. The smallest absolute Gasteiger partial charge is 0.244 e. The van der Waals surface area contributed by atoms with Gasteiger partial charge in [-0.05, 0) is 37.5 Å². The molecular weight excluding hydrogens is 264 g/mol. The number of aromatic nitrogens is 2. The number of aryl methyl sites for hydroxylation is 1. The maximum Gasteiger partial charge on any atom is 0.244 e. The number of nitrogens with two attached hydrogens (primary N) is 1. The van der Waals surface area contributed by atoms with E-state index in [2.05, 4.69) is 25.9 Å². The predicted molar refractivity (Wildman–Crippen MR) is 84.8 cm³/mol. The standard InChI is InChI=1S/C16H28N4O/c1-12-10-14(17)20(18-12)11-15(21)19-8-5-6-13(7-9-19)16(2,3)4/h10,13H,5-9,11,17H2,1-4H3/t13-/m1/s1. The van der Waals surface area contributed by atoms with Gasteiger partial charge in [0, 0.05) is 19.2 Å².